The van der Waals surface area contributed by atoms with Crippen LogP contribution in [-0.4, -0.2) is 22.7 Å². The van der Waals surface area contributed by atoms with Gasteiger partial charge in [0.2, 0.25) is 5.89 Å². The zero-order valence-corrected chi connectivity index (χ0v) is 11.5. The molecule has 0 saturated carbocycles. The van der Waals surface area contributed by atoms with E-state index in [0.717, 1.165) is 12.6 Å². The molecule has 0 fully saturated rings. The molecule has 2 rings (SSSR count). The Labute approximate surface area is 116 Å². The summed E-state index contributed by atoms with van der Waals surface area (Å²) in [5.74, 6) is -0.269. The molecule has 1 aromatic carbocycles. The molecule has 0 aliphatic rings. The number of nitrogens with zero attached hydrogens (tertiary/aromatic N) is 2. The van der Waals surface area contributed by atoms with Crippen LogP contribution in [0.25, 0.3) is 0 Å². The highest BCUT2D eigenvalue weighted by atomic mass is 19.1. The fraction of sp³-hybridized carbons (Fsp3) is 0.429. The summed E-state index contributed by atoms with van der Waals surface area (Å²) in [4.78, 5) is 4.20. The van der Waals surface area contributed by atoms with Gasteiger partial charge in [-0.1, -0.05) is 19.0 Å². The van der Waals surface area contributed by atoms with E-state index >= 15 is 0 Å². The number of benzene rings is 1. The van der Waals surface area contributed by atoms with E-state index in [2.05, 4.69) is 29.3 Å². The Morgan fingerprint density at radius 2 is 1.90 bits per heavy atom. The molecular weight excluding hydrogens is 264 g/mol. The van der Waals surface area contributed by atoms with Crippen molar-refractivity contribution in [3.63, 3.8) is 0 Å². The molecule has 1 N–H and O–H groups in total. The predicted molar refractivity (Wildman–Crippen MR) is 70.3 cm³/mol. The van der Waals surface area contributed by atoms with Crippen molar-refractivity contribution < 1.29 is 13.3 Å². The molecule has 6 heteroatoms. The van der Waals surface area contributed by atoms with Gasteiger partial charge in [0.05, 0.1) is 0 Å². The fourth-order valence-corrected chi connectivity index (χ4v) is 1.83. The topological polar surface area (TPSA) is 51.0 Å². The van der Waals surface area contributed by atoms with Gasteiger partial charge in [-0.05, 0) is 17.7 Å². The van der Waals surface area contributed by atoms with Crippen LogP contribution in [0.3, 0.4) is 0 Å². The molecule has 0 aliphatic heterocycles. The lowest BCUT2D eigenvalue weighted by molar-refractivity contribution is 0.369. The number of hydrogen-bond acceptors (Lipinski definition) is 4. The first kappa shape index (κ1) is 14.6. The first-order chi connectivity index (χ1) is 9.52. The van der Waals surface area contributed by atoms with E-state index in [-0.39, 0.29) is 6.42 Å². The largest absolute Gasteiger partial charge is 0.339 e. The molecule has 20 heavy (non-hydrogen) atoms. The monoisotopic (exact) mass is 281 g/mol. The third-order valence-corrected chi connectivity index (χ3v) is 2.69. The van der Waals surface area contributed by atoms with Gasteiger partial charge in [0.1, 0.15) is 11.6 Å². The van der Waals surface area contributed by atoms with Gasteiger partial charge < -0.3 is 9.84 Å². The highest BCUT2D eigenvalue weighted by Crippen LogP contribution is 2.11. The summed E-state index contributed by atoms with van der Waals surface area (Å²) < 4.78 is 31.2. The van der Waals surface area contributed by atoms with Crippen molar-refractivity contribution >= 4 is 0 Å². The zero-order chi connectivity index (χ0) is 14.5. The number of nitrogens with one attached hydrogen (secondary N) is 1. The SMILES string of the molecule is CC(C)NCCc1nc(Cc2cc(F)cc(F)c2)no1. The second kappa shape index (κ2) is 6.56. The van der Waals surface area contributed by atoms with Crippen molar-refractivity contribution in [1.29, 1.82) is 0 Å². The Hall–Kier alpha value is -1.82. The average Bonchev–Trinajstić information content (AvgIpc) is 2.74. The Kier molecular flexibility index (Phi) is 4.79. The molecule has 108 valence electrons. The number of rotatable bonds is 6. The van der Waals surface area contributed by atoms with Crippen LogP contribution in [0.15, 0.2) is 22.7 Å². The molecule has 2 aromatic rings. The Morgan fingerprint density at radius 3 is 2.55 bits per heavy atom. The van der Waals surface area contributed by atoms with Crippen LogP contribution in [-0.2, 0) is 12.8 Å². The maximum Gasteiger partial charge on any atom is 0.227 e. The van der Waals surface area contributed by atoms with E-state index in [1.807, 2.05) is 0 Å². The molecule has 0 amide bonds. The van der Waals surface area contributed by atoms with Crippen molar-refractivity contribution in [2.24, 2.45) is 0 Å². The minimum absolute atomic E-state index is 0.246. The second-order valence-corrected chi connectivity index (χ2v) is 4.92. The number of halogens is 2. The van der Waals surface area contributed by atoms with Crippen molar-refractivity contribution in [1.82, 2.24) is 15.5 Å². The zero-order valence-electron chi connectivity index (χ0n) is 11.5. The van der Waals surface area contributed by atoms with Crippen molar-refractivity contribution in [2.45, 2.75) is 32.7 Å². The van der Waals surface area contributed by atoms with E-state index in [4.69, 9.17) is 4.52 Å². The van der Waals surface area contributed by atoms with Crippen molar-refractivity contribution in [2.75, 3.05) is 6.54 Å². The van der Waals surface area contributed by atoms with E-state index in [0.29, 0.717) is 29.7 Å². The van der Waals surface area contributed by atoms with Crippen molar-refractivity contribution in [3.05, 3.63) is 47.1 Å². The van der Waals surface area contributed by atoms with Crippen LogP contribution in [0.1, 0.15) is 31.1 Å². The van der Waals surface area contributed by atoms with Gasteiger partial charge >= 0.3 is 0 Å². The molecule has 0 unspecified atom stereocenters. The highest BCUT2D eigenvalue weighted by Gasteiger charge is 2.09. The summed E-state index contributed by atoms with van der Waals surface area (Å²) in [6, 6.07) is 3.76. The second-order valence-electron chi connectivity index (χ2n) is 4.92. The van der Waals surface area contributed by atoms with Crippen LogP contribution >= 0.6 is 0 Å². The lowest BCUT2D eigenvalue weighted by Gasteiger charge is -2.04. The first-order valence-electron chi connectivity index (χ1n) is 6.53. The summed E-state index contributed by atoms with van der Waals surface area (Å²) in [7, 11) is 0. The quantitative estimate of drug-likeness (QED) is 0.883. The van der Waals surface area contributed by atoms with Gasteiger partial charge in [-0.25, -0.2) is 8.78 Å². The predicted octanol–water partition coefficient (Wildman–Crippen LogP) is 2.48. The normalized spacial score (nSPS) is 11.2. The van der Waals surface area contributed by atoms with Gasteiger partial charge in [-0.2, -0.15) is 4.98 Å². The summed E-state index contributed by atoms with van der Waals surface area (Å²) >= 11 is 0. The Balaban J connectivity index is 1.95. The smallest absolute Gasteiger partial charge is 0.227 e. The van der Waals surface area contributed by atoms with Gasteiger partial charge in [0, 0.05) is 31.5 Å². The molecule has 0 atom stereocenters. The van der Waals surface area contributed by atoms with Crippen LogP contribution < -0.4 is 5.32 Å². The molecule has 0 radical (unpaired) electrons. The highest BCUT2D eigenvalue weighted by molar-refractivity contribution is 5.21. The van der Waals surface area contributed by atoms with E-state index in [1.165, 1.54) is 12.1 Å². The Morgan fingerprint density at radius 1 is 1.20 bits per heavy atom. The molecule has 0 aliphatic carbocycles. The summed E-state index contributed by atoms with van der Waals surface area (Å²) in [5, 5.41) is 7.05. The minimum atomic E-state index is -0.607. The molecule has 1 heterocycles. The molecule has 0 bridgehead atoms. The van der Waals surface area contributed by atoms with Gasteiger partial charge in [-0.15, -0.1) is 0 Å². The third kappa shape index (κ3) is 4.38. The fourth-order valence-electron chi connectivity index (χ4n) is 1.83. The van der Waals surface area contributed by atoms with Crippen molar-refractivity contribution in [3.8, 4) is 0 Å². The number of aromatic nitrogens is 2. The minimum Gasteiger partial charge on any atom is -0.339 e. The lowest BCUT2D eigenvalue weighted by atomic mass is 10.1. The van der Waals surface area contributed by atoms with E-state index in [9.17, 15) is 8.78 Å². The maximum absolute atomic E-state index is 13.1. The van der Waals surface area contributed by atoms with Crippen LogP contribution in [0.5, 0.6) is 0 Å². The first-order valence-corrected chi connectivity index (χ1v) is 6.53. The summed E-state index contributed by atoms with van der Waals surface area (Å²) in [6.45, 7) is 4.85. The molecule has 0 spiro atoms. The maximum atomic E-state index is 13.1. The van der Waals surface area contributed by atoms with E-state index < -0.39 is 11.6 Å². The lowest BCUT2D eigenvalue weighted by Crippen LogP contribution is -2.25. The van der Waals surface area contributed by atoms with E-state index in [1.54, 1.807) is 0 Å². The Bertz CT molecular complexity index is 549. The van der Waals surface area contributed by atoms with Crippen LogP contribution in [0.2, 0.25) is 0 Å². The van der Waals surface area contributed by atoms with Gasteiger partial charge in [0.25, 0.3) is 0 Å². The molecule has 0 saturated heterocycles. The van der Waals surface area contributed by atoms with Gasteiger partial charge in [-0.3, -0.25) is 0 Å². The molecule has 4 nitrogen and oxygen atoms in total. The average molecular weight is 281 g/mol. The summed E-state index contributed by atoms with van der Waals surface area (Å²) in [6.07, 6.45) is 0.873. The summed E-state index contributed by atoms with van der Waals surface area (Å²) in [5.41, 5.74) is 0.482. The number of hydrogen-bond donors (Lipinski definition) is 1. The van der Waals surface area contributed by atoms with Crippen LogP contribution in [0, 0.1) is 11.6 Å². The standard InChI is InChI=1S/C14H17F2N3O/c1-9(2)17-4-3-14-18-13(19-20-14)7-10-5-11(15)8-12(16)6-10/h5-6,8-9,17H,3-4,7H2,1-2H3. The van der Waals surface area contributed by atoms with Gasteiger partial charge in [0.15, 0.2) is 5.82 Å². The third-order valence-electron chi connectivity index (χ3n) is 2.69. The van der Waals surface area contributed by atoms with Crippen LogP contribution in [0.4, 0.5) is 8.78 Å². The molecular formula is C14H17F2N3O. The molecule has 1 aromatic heterocycles.